The summed E-state index contributed by atoms with van der Waals surface area (Å²) < 4.78 is 5.04. The highest BCUT2D eigenvalue weighted by atomic mass is 16.6. The smallest absolute Gasteiger partial charge is 0.322 e. The third-order valence-corrected chi connectivity index (χ3v) is 1.94. The van der Waals surface area contributed by atoms with E-state index in [1.165, 1.54) is 13.8 Å². The van der Waals surface area contributed by atoms with Crippen LogP contribution < -0.4 is 0 Å². The largest absolute Gasteiger partial charge is 0.459 e. The zero-order valence-electron chi connectivity index (χ0n) is 9.38. The first-order valence-corrected chi connectivity index (χ1v) is 4.49. The zero-order chi connectivity index (χ0) is 11.6. The van der Waals surface area contributed by atoms with Crippen molar-refractivity contribution in [3.8, 4) is 0 Å². The van der Waals surface area contributed by atoms with Crippen molar-refractivity contribution < 1.29 is 19.4 Å². The molecule has 0 spiro atoms. The van der Waals surface area contributed by atoms with E-state index in [0.717, 1.165) is 0 Å². The highest BCUT2D eigenvalue weighted by Gasteiger charge is 2.41. The molecule has 0 unspecified atom stereocenters. The van der Waals surface area contributed by atoms with E-state index in [-0.39, 0.29) is 0 Å². The third-order valence-electron chi connectivity index (χ3n) is 1.94. The van der Waals surface area contributed by atoms with E-state index in [4.69, 9.17) is 9.84 Å². The number of rotatable bonds is 3. The maximum Gasteiger partial charge on any atom is 0.322 e. The van der Waals surface area contributed by atoms with Crippen molar-refractivity contribution in [3.05, 3.63) is 0 Å². The maximum absolute atomic E-state index is 11.6. The number of esters is 1. The average molecular weight is 202 g/mol. The molecule has 0 aromatic heterocycles. The van der Waals surface area contributed by atoms with Gasteiger partial charge in [-0.15, -0.1) is 0 Å². The summed E-state index contributed by atoms with van der Waals surface area (Å²) in [5, 5.41) is 9.00. The van der Waals surface area contributed by atoms with Gasteiger partial charge in [0.1, 0.15) is 16.8 Å². The fraction of sp³-hybridized carbons (Fsp3) is 0.800. The molecule has 1 N–H and O–H groups in total. The number of carbonyl (C=O) groups excluding carboxylic acids is 2. The van der Waals surface area contributed by atoms with Crippen LogP contribution in [0.4, 0.5) is 0 Å². The van der Waals surface area contributed by atoms with Gasteiger partial charge in [0, 0.05) is 0 Å². The number of hydrogen-bond donors (Lipinski definition) is 1. The first-order valence-electron chi connectivity index (χ1n) is 4.49. The molecule has 82 valence electrons. The van der Waals surface area contributed by atoms with E-state index < -0.39 is 29.4 Å². The van der Waals surface area contributed by atoms with Gasteiger partial charge in [-0.05, 0) is 34.6 Å². The topological polar surface area (TPSA) is 63.6 Å². The summed E-state index contributed by atoms with van der Waals surface area (Å²) in [6, 6.07) is 0. The van der Waals surface area contributed by atoms with Crippen molar-refractivity contribution in [3.63, 3.8) is 0 Å². The molecule has 0 saturated heterocycles. The molecule has 0 aliphatic heterocycles. The lowest BCUT2D eigenvalue weighted by molar-refractivity contribution is -0.171. The van der Waals surface area contributed by atoms with Gasteiger partial charge in [-0.25, -0.2) is 0 Å². The van der Waals surface area contributed by atoms with Gasteiger partial charge in [0.15, 0.2) is 0 Å². The average Bonchev–Trinajstić information content (AvgIpc) is 1.99. The molecule has 4 heteroatoms. The van der Waals surface area contributed by atoms with E-state index in [1.807, 2.05) is 0 Å². The lowest BCUT2D eigenvalue weighted by Gasteiger charge is -2.27. The molecule has 0 aromatic rings. The maximum atomic E-state index is 11.6. The summed E-state index contributed by atoms with van der Waals surface area (Å²) in [6.07, 6.45) is 0. The second-order valence-corrected chi connectivity index (χ2v) is 4.55. The van der Waals surface area contributed by atoms with E-state index in [9.17, 15) is 9.59 Å². The Bertz CT molecular complexity index is 239. The number of aliphatic hydroxyl groups excluding tert-OH is 1. The lowest BCUT2D eigenvalue weighted by atomic mass is 9.87. The van der Waals surface area contributed by atoms with Crippen LogP contribution in [0.1, 0.15) is 34.6 Å². The Morgan fingerprint density at radius 1 is 1.21 bits per heavy atom. The number of Topliss-reactive ketones (excluding diaryl/α,β-unsaturated/α-hetero) is 1. The van der Waals surface area contributed by atoms with E-state index >= 15 is 0 Å². The molecule has 0 fully saturated rings. The molecule has 0 radical (unpaired) electrons. The summed E-state index contributed by atoms with van der Waals surface area (Å²) in [6.45, 7) is 7.25. The summed E-state index contributed by atoms with van der Waals surface area (Å²) in [5.41, 5.74) is -2.09. The minimum absolute atomic E-state index is 0.394. The second-order valence-electron chi connectivity index (χ2n) is 4.55. The van der Waals surface area contributed by atoms with Gasteiger partial charge >= 0.3 is 5.97 Å². The first kappa shape index (κ1) is 13.1. The van der Waals surface area contributed by atoms with Crippen LogP contribution in [0.3, 0.4) is 0 Å². The predicted octanol–water partition coefficient (Wildman–Crippen LogP) is 0.916. The quantitative estimate of drug-likeness (QED) is 0.546. The molecule has 14 heavy (non-hydrogen) atoms. The van der Waals surface area contributed by atoms with Crippen molar-refractivity contribution in [1.29, 1.82) is 0 Å². The van der Waals surface area contributed by atoms with Crippen LogP contribution in [-0.4, -0.2) is 29.1 Å². The molecule has 0 amide bonds. The monoisotopic (exact) mass is 202 g/mol. The summed E-state index contributed by atoms with van der Waals surface area (Å²) >= 11 is 0. The number of ketones is 1. The van der Waals surface area contributed by atoms with Crippen LogP contribution in [0.5, 0.6) is 0 Å². The molecule has 0 aliphatic rings. The third kappa shape index (κ3) is 3.10. The van der Waals surface area contributed by atoms with Crippen LogP contribution in [0.15, 0.2) is 0 Å². The van der Waals surface area contributed by atoms with Crippen LogP contribution >= 0.6 is 0 Å². The number of carbonyl (C=O) groups is 2. The van der Waals surface area contributed by atoms with Crippen LogP contribution in [0, 0.1) is 5.41 Å². The molecule has 0 aliphatic carbocycles. The fourth-order valence-corrected chi connectivity index (χ4v) is 0.710. The Labute approximate surface area is 84.3 Å². The molecular formula is C10H18O4. The SMILES string of the molecule is CC(=O)[C@@](C)(CO)C(=O)OC(C)(C)C. The highest BCUT2D eigenvalue weighted by molar-refractivity contribution is 6.02. The first-order chi connectivity index (χ1) is 6.13. The molecular weight excluding hydrogens is 184 g/mol. The van der Waals surface area contributed by atoms with Gasteiger partial charge in [0.05, 0.1) is 6.61 Å². The summed E-state index contributed by atoms with van der Waals surface area (Å²) in [4.78, 5) is 22.7. The predicted molar refractivity (Wildman–Crippen MR) is 51.7 cm³/mol. The normalized spacial score (nSPS) is 15.9. The molecule has 0 heterocycles. The summed E-state index contributed by atoms with van der Waals surface area (Å²) in [5.74, 6) is -1.07. The van der Waals surface area contributed by atoms with Crippen LogP contribution in [0.2, 0.25) is 0 Å². The zero-order valence-corrected chi connectivity index (χ0v) is 9.38. The van der Waals surface area contributed by atoms with Gasteiger partial charge in [0.2, 0.25) is 0 Å². The van der Waals surface area contributed by atoms with Gasteiger partial charge in [-0.3, -0.25) is 9.59 Å². The Morgan fingerprint density at radius 3 is 1.86 bits per heavy atom. The van der Waals surface area contributed by atoms with Crippen LogP contribution in [0.25, 0.3) is 0 Å². The minimum Gasteiger partial charge on any atom is -0.459 e. The van der Waals surface area contributed by atoms with Crippen LogP contribution in [-0.2, 0) is 14.3 Å². The van der Waals surface area contributed by atoms with Crippen molar-refractivity contribution in [2.24, 2.45) is 5.41 Å². The number of hydrogen-bond acceptors (Lipinski definition) is 4. The van der Waals surface area contributed by atoms with Crippen molar-refractivity contribution >= 4 is 11.8 Å². The molecule has 4 nitrogen and oxygen atoms in total. The Hall–Kier alpha value is -0.900. The molecule has 0 bridgehead atoms. The molecule has 1 atom stereocenters. The molecule has 0 saturated carbocycles. The number of ether oxygens (including phenoxy) is 1. The van der Waals surface area contributed by atoms with Crippen molar-refractivity contribution in [2.45, 2.75) is 40.2 Å². The molecule has 0 rings (SSSR count). The van der Waals surface area contributed by atoms with Gasteiger partial charge in [-0.2, -0.15) is 0 Å². The summed E-state index contributed by atoms with van der Waals surface area (Å²) in [7, 11) is 0. The Morgan fingerprint density at radius 2 is 1.64 bits per heavy atom. The highest BCUT2D eigenvalue weighted by Crippen LogP contribution is 2.22. The lowest BCUT2D eigenvalue weighted by Crippen LogP contribution is -2.43. The van der Waals surface area contributed by atoms with E-state index in [2.05, 4.69) is 0 Å². The van der Waals surface area contributed by atoms with Gasteiger partial charge in [-0.1, -0.05) is 0 Å². The van der Waals surface area contributed by atoms with Gasteiger partial charge in [0.25, 0.3) is 0 Å². The van der Waals surface area contributed by atoms with E-state index in [0.29, 0.717) is 0 Å². The molecule has 0 aromatic carbocycles. The Balaban J connectivity index is 4.73. The van der Waals surface area contributed by atoms with Gasteiger partial charge < -0.3 is 9.84 Å². The second kappa shape index (κ2) is 4.09. The van der Waals surface area contributed by atoms with E-state index in [1.54, 1.807) is 20.8 Å². The standard InChI is InChI=1S/C10H18O4/c1-7(12)10(5,6-11)8(13)14-9(2,3)4/h11H,6H2,1-5H3/t10-/m1/s1. The van der Waals surface area contributed by atoms with Crippen molar-refractivity contribution in [2.75, 3.05) is 6.61 Å². The van der Waals surface area contributed by atoms with Crippen molar-refractivity contribution in [1.82, 2.24) is 0 Å². The fourth-order valence-electron chi connectivity index (χ4n) is 0.710. The number of aliphatic hydroxyl groups is 1. The Kier molecular flexibility index (Phi) is 3.82. The minimum atomic E-state index is -1.44.